The zero-order valence-electron chi connectivity index (χ0n) is 16.5. The average molecular weight is 453 g/mol. The van der Waals surface area contributed by atoms with E-state index in [0.717, 1.165) is 10.7 Å². The van der Waals surface area contributed by atoms with E-state index < -0.39 is 17.8 Å². The van der Waals surface area contributed by atoms with E-state index in [9.17, 15) is 18.0 Å². The summed E-state index contributed by atoms with van der Waals surface area (Å²) in [6.07, 6.45) is -2.67. The van der Waals surface area contributed by atoms with Crippen LogP contribution in [0.15, 0.2) is 48.7 Å². The molecule has 0 aliphatic heterocycles. The second-order valence-electron chi connectivity index (χ2n) is 6.91. The van der Waals surface area contributed by atoms with Crippen molar-refractivity contribution >= 4 is 17.5 Å². The van der Waals surface area contributed by atoms with Gasteiger partial charge in [-0.15, -0.1) is 0 Å². The number of alkyl halides is 3. The number of amides is 1. The van der Waals surface area contributed by atoms with Gasteiger partial charge in [-0.25, -0.2) is 4.68 Å². The quantitative estimate of drug-likeness (QED) is 0.570. The van der Waals surface area contributed by atoms with Crippen molar-refractivity contribution in [3.8, 4) is 5.69 Å². The minimum Gasteiger partial charge on any atom is -0.396 e. The summed E-state index contributed by atoms with van der Waals surface area (Å²) in [5.41, 5.74) is 0.798. The van der Waals surface area contributed by atoms with Gasteiger partial charge in [0.25, 0.3) is 0 Å². The lowest BCUT2D eigenvalue weighted by Gasteiger charge is -2.14. The van der Waals surface area contributed by atoms with Crippen molar-refractivity contribution in [2.45, 2.75) is 32.0 Å². The van der Waals surface area contributed by atoms with E-state index in [1.165, 1.54) is 6.07 Å². The van der Waals surface area contributed by atoms with Crippen LogP contribution in [0.25, 0.3) is 5.69 Å². The number of rotatable bonds is 7. The first-order valence-corrected chi connectivity index (χ1v) is 9.82. The van der Waals surface area contributed by atoms with E-state index in [2.05, 4.69) is 15.4 Å². The third kappa shape index (κ3) is 5.62. The predicted octanol–water partition coefficient (Wildman–Crippen LogP) is 3.89. The van der Waals surface area contributed by atoms with E-state index in [1.807, 2.05) is 0 Å². The van der Waals surface area contributed by atoms with E-state index in [4.69, 9.17) is 16.7 Å². The van der Waals surface area contributed by atoms with E-state index in [1.54, 1.807) is 43.5 Å². The van der Waals surface area contributed by atoms with E-state index in [-0.39, 0.29) is 24.8 Å². The fraction of sp³-hybridized carbons (Fsp3) is 0.286. The first-order chi connectivity index (χ1) is 14.7. The number of hydrogen-bond donors (Lipinski definition) is 2. The highest BCUT2D eigenvalue weighted by Gasteiger charge is 2.35. The number of carbonyl (C=O) groups is 1. The van der Waals surface area contributed by atoms with Crippen LogP contribution in [-0.4, -0.2) is 32.4 Å². The standard InChI is InChI=1S/C21H20ClF3N4O2/c1-13(14-5-6-16(7-8-30)26-11-14)20(31)27-12-18-10-19(21(23,24)25)28-29(18)17-4-2-3-15(22)9-17/h2-6,9-11,13,30H,7-8,12H2,1H3,(H,27,31). The molecule has 2 N–H and O–H groups in total. The molecule has 0 aliphatic carbocycles. The van der Waals surface area contributed by atoms with Crippen LogP contribution >= 0.6 is 11.6 Å². The molecular formula is C21H20ClF3N4O2. The molecule has 0 aliphatic rings. The van der Waals surface area contributed by atoms with E-state index >= 15 is 0 Å². The Balaban J connectivity index is 1.78. The van der Waals surface area contributed by atoms with Gasteiger partial charge in [0.2, 0.25) is 5.91 Å². The normalized spacial score (nSPS) is 12.6. The van der Waals surface area contributed by atoms with Crippen LogP contribution in [0.3, 0.4) is 0 Å². The third-order valence-electron chi connectivity index (χ3n) is 4.68. The minimum absolute atomic E-state index is 0.0252. The molecule has 3 aromatic rings. The fourth-order valence-electron chi connectivity index (χ4n) is 2.95. The molecule has 2 aromatic heterocycles. The molecule has 0 saturated carbocycles. The van der Waals surface area contributed by atoms with Crippen LogP contribution in [0.5, 0.6) is 0 Å². The summed E-state index contributed by atoms with van der Waals surface area (Å²) in [6.45, 7) is 1.49. The molecule has 1 aromatic carbocycles. The van der Waals surface area contributed by atoms with Gasteiger partial charge in [0, 0.05) is 29.9 Å². The molecule has 3 rings (SSSR count). The highest BCUT2D eigenvalue weighted by molar-refractivity contribution is 6.30. The van der Waals surface area contributed by atoms with Crippen LogP contribution in [-0.2, 0) is 23.9 Å². The maximum Gasteiger partial charge on any atom is 0.435 e. The smallest absolute Gasteiger partial charge is 0.396 e. The van der Waals surface area contributed by atoms with Gasteiger partial charge in [-0.05, 0) is 42.8 Å². The number of aliphatic hydroxyl groups is 1. The fourth-order valence-corrected chi connectivity index (χ4v) is 3.14. The number of hydrogen-bond acceptors (Lipinski definition) is 4. The Bertz CT molecular complexity index is 1050. The molecule has 0 radical (unpaired) electrons. The van der Waals surface area contributed by atoms with E-state index in [0.29, 0.717) is 28.4 Å². The van der Waals surface area contributed by atoms with Gasteiger partial charge in [-0.1, -0.05) is 23.7 Å². The molecular weight excluding hydrogens is 433 g/mol. The summed E-state index contributed by atoms with van der Waals surface area (Å²) in [4.78, 5) is 16.8. The maximum atomic E-state index is 13.2. The summed E-state index contributed by atoms with van der Waals surface area (Å²) in [5, 5.41) is 15.6. The minimum atomic E-state index is -4.63. The summed E-state index contributed by atoms with van der Waals surface area (Å²) in [5.74, 6) is -0.940. The molecule has 1 unspecified atom stereocenters. The number of aliphatic hydroxyl groups excluding tert-OH is 1. The Morgan fingerprint density at radius 1 is 1.26 bits per heavy atom. The van der Waals surface area contributed by atoms with Gasteiger partial charge in [-0.2, -0.15) is 18.3 Å². The number of pyridine rings is 1. The van der Waals surface area contributed by atoms with Crippen LogP contribution in [0.1, 0.15) is 35.5 Å². The Kier molecular flexibility index (Phi) is 6.97. The monoisotopic (exact) mass is 452 g/mol. The van der Waals surface area contributed by atoms with Crippen molar-refractivity contribution in [3.63, 3.8) is 0 Å². The molecule has 0 spiro atoms. The summed E-state index contributed by atoms with van der Waals surface area (Å²) < 4.78 is 40.7. The van der Waals surface area contributed by atoms with Crippen molar-refractivity contribution in [1.82, 2.24) is 20.1 Å². The van der Waals surface area contributed by atoms with Gasteiger partial charge < -0.3 is 10.4 Å². The lowest BCUT2D eigenvalue weighted by molar-refractivity contribution is -0.141. The largest absolute Gasteiger partial charge is 0.435 e. The number of carbonyl (C=O) groups excluding carboxylic acids is 1. The van der Waals surface area contributed by atoms with Crippen molar-refractivity contribution in [2.75, 3.05) is 6.61 Å². The number of aromatic nitrogens is 3. The van der Waals surface area contributed by atoms with Gasteiger partial charge in [0.05, 0.1) is 23.8 Å². The van der Waals surface area contributed by atoms with Crippen molar-refractivity contribution in [1.29, 1.82) is 0 Å². The highest BCUT2D eigenvalue weighted by Crippen LogP contribution is 2.30. The van der Waals surface area contributed by atoms with Crippen molar-refractivity contribution in [2.24, 2.45) is 0 Å². The van der Waals surface area contributed by atoms with Crippen molar-refractivity contribution < 1.29 is 23.1 Å². The molecule has 1 amide bonds. The predicted molar refractivity (Wildman–Crippen MR) is 109 cm³/mol. The second kappa shape index (κ2) is 9.49. The average Bonchev–Trinajstić information content (AvgIpc) is 3.17. The Hall–Kier alpha value is -2.91. The van der Waals surface area contributed by atoms with Crippen LogP contribution in [0.2, 0.25) is 5.02 Å². The van der Waals surface area contributed by atoms with Gasteiger partial charge in [-0.3, -0.25) is 9.78 Å². The van der Waals surface area contributed by atoms with Crippen LogP contribution < -0.4 is 5.32 Å². The third-order valence-corrected chi connectivity index (χ3v) is 4.91. The molecule has 31 heavy (non-hydrogen) atoms. The van der Waals surface area contributed by atoms with Crippen LogP contribution in [0, 0.1) is 0 Å². The number of nitrogens with zero attached hydrogens (tertiary/aromatic N) is 3. The topological polar surface area (TPSA) is 80.0 Å². The summed E-state index contributed by atoms with van der Waals surface area (Å²) in [7, 11) is 0. The highest BCUT2D eigenvalue weighted by atomic mass is 35.5. The molecule has 10 heteroatoms. The summed E-state index contributed by atoms with van der Waals surface area (Å²) >= 11 is 5.96. The molecule has 0 bridgehead atoms. The number of halogens is 4. The maximum absolute atomic E-state index is 13.2. The van der Waals surface area contributed by atoms with Crippen molar-refractivity contribution in [3.05, 3.63) is 76.3 Å². The molecule has 0 saturated heterocycles. The van der Waals surface area contributed by atoms with Gasteiger partial charge >= 0.3 is 6.18 Å². The lowest BCUT2D eigenvalue weighted by atomic mass is 10.0. The van der Waals surface area contributed by atoms with Gasteiger partial charge in [0.1, 0.15) is 0 Å². The second-order valence-corrected chi connectivity index (χ2v) is 7.34. The Morgan fingerprint density at radius 3 is 2.65 bits per heavy atom. The number of nitrogens with one attached hydrogen (secondary N) is 1. The Labute approximate surface area is 181 Å². The zero-order chi connectivity index (χ0) is 22.6. The SMILES string of the molecule is CC(C(=O)NCc1cc(C(F)(F)F)nn1-c1cccc(Cl)c1)c1ccc(CCO)nc1. The molecule has 6 nitrogen and oxygen atoms in total. The first-order valence-electron chi connectivity index (χ1n) is 9.44. The zero-order valence-corrected chi connectivity index (χ0v) is 17.3. The Morgan fingerprint density at radius 2 is 2.03 bits per heavy atom. The number of benzene rings is 1. The van der Waals surface area contributed by atoms with Crippen LogP contribution in [0.4, 0.5) is 13.2 Å². The first kappa shape index (κ1) is 22.8. The molecule has 1 atom stereocenters. The molecule has 164 valence electrons. The lowest BCUT2D eigenvalue weighted by Crippen LogP contribution is -2.28. The molecule has 0 fully saturated rings. The van der Waals surface area contributed by atoms with Gasteiger partial charge in [0.15, 0.2) is 5.69 Å². The summed E-state index contributed by atoms with van der Waals surface area (Å²) in [6, 6.07) is 10.6. The molecule has 2 heterocycles.